The van der Waals surface area contributed by atoms with Gasteiger partial charge in [0.2, 0.25) is 5.91 Å². The third-order valence-electron chi connectivity index (χ3n) is 5.98. The van der Waals surface area contributed by atoms with Crippen LogP contribution >= 0.6 is 0 Å². The van der Waals surface area contributed by atoms with Gasteiger partial charge in [-0.15, -0.1) is 0 Å². The number of halogens is 3. The van der Waals surface area contributed by atoms with E-state index in [1.807, 2.05) is 11.0 Å². The van der Waals surface area contributed by atoms with Gasteiger partial charge in [0.25, 0.3) is 0 Å². The maximum absolute atomic E-state index is 12.6. The Morgan fingerprint density at radius 2 is 1.94 bits per heavy atom. The maximum Gasteiger partial charge on any atom is 0.490 e. The Hall–Kier alpha value is -2.13. The van der Waals surface area contributed by atoms with Crippen LogP contribution in [0.5, 0.6) is 0 Å². The fourth-order valence-corrected chi connectivity index (χ4v) is 4.07. The minimum Gasteiger partial charge on any atom is -0.475 e. The van der Waals surface area contributed by atoms with E-state index in [0.717, 1.165) is 45.4 Å². The Kier molecular flexibility index (Phi) is 8.48. The van der Waals surface area contributed by atoms with Gasteiger partial charge in [-0.25, -0.2) is 4.79 Å². The van der Waals surface area contributed by atoms with Gasteiger partial charge in [-0.3, -0.25) is 4.79 Å². The van der Waals surface area contributed by atoms with Gasteiger partial charge in [-0.2, -0.15) is 13.2 Å². The zero-order valence-corrected chi connectivity index (χ0v) is 18.2. The summed E-state index contributed by atoms with van der Waals surface area (Å²) in [5, 5.41) is 7.12. The molecule has 2 heterocycles. The van der Waals surface area contributed by atoms with E-state index in [1.54, 1.807) is 0 Å². The summed E-state index contributed by atoms with van der Waals surface area (Å²) in [6.45, 7) is 4.53. The normalized spacial score (nSPS) is 23.6. The lowest BCUT2D eigenvalue weighted by atomic mass is 9.89. The Balaban J connectivity index is 0.000000423. The van der Waals surface area contributed by atoms with E-state index in [2.05, 4.69) is 44.1 Å². The van der Waals surface area contributed by atoms with Crippen LogP contribution < -0.4 is 0 Å². The Labute approximate surface area is 181 Å². The number of carboxylic acids is 1. The smallest absolute Gasteiger partial charge is 0.475 e. The van der Waals surface area contributed by atoms with Crippen LogP contribution in [0.25, 0.3) is 0 Å². The summed E-state index contributed by atoms with van der Waals surface area (Å²) in [6, 6.07) is 8.91. The highest BCUT2D eigenvalue weighted by molar-refractivity contribution is 5.77. The predicted molar refractivity (Wildman–Crippen MR) is 110 cm³/mol. The van der Waals surface area contributed by atoms with E-state index in [-0.39, 0.29) is 11.5 Å². The molecule has 9 heteroatoms. The van der Waals surface area contributed by atoms with Crippen molar-refractivity contribution in [1.29, 1.82) is 0 Å². The van der Waals surface area contributed by atoms with Crippen molar-refractivity contribution < 1.29 is 32.6 Å². The molecule has 1 aromatic rings. The van der Waals surface area contributed by atoms with E-state index >= 15 is 0 Å². The van der Waals surface area contributed by atoms with Crippen LogP contribution in [0.3, 0.4) is 0 Å². The zero-order chi connectivity index (χ0) is 23.2. The van der Waals surface area contributed by atoms with Crippen LogP contribution in [0.4, 0.5) is 13.2 Å². The van der Waals surface area contributed by atoms with Crippen molar-refractivity contribution in [3.63, 3.8) is 0 Å². The van der Waals surface area contributed by atoms with Crippen LogP contribution in [0.2, 0.25) is 0 Å². The second kappa shape index (κ2) is 10.5. The molecule has 1 spiro atoms. The minimum atomic E-state index is -5.08. The number of hydrogen-bond donors (Lipinski definition) is 1. The van der Waals surface area contributed by atoms with Gasteiger partial charge in [-0.1, -0.05) is 24.3 Å². The number of likely N-dealkylation sites (tertiary alicyclic amines) is 1. The summed E-state index contributed by atoms with van der Waals surface area (Å²) in [5.41, 5.74) is 2.44. The quantitative estimate of drug-likeness (QED) is 0.772. The summed E-state index contributed by atoms with van der Waals surface area (Å²) in [4.78, 5) is 25.8. The summed E-state index contributed by atoms with van der Waals surface area (Å²) >= 11 is 0. The summed E-state index contributed by atoms with van der Waals surface area (Å²) in [7, 11) is 4.29. The molecular formula is C22H31F3N2O4. The fraction of sp³-hybridized carbons (Fsp3) is 0.636. The molecule has 2 aliphatic rings. The van der Waals surface area contributed by atoms with E-state index in [4.69, 9.17) is 14.6 Å². The number of benzene rings is 1. The van der Waals surface area contributed by atoms with Gasteiger partial charge in [0.15, 0.2) is 0 Å². The molecule has 2 saturated heterocycles. The highest BCUT2D eigenvalue weighted by Gasteiger charge is 2.44. The van der Waals surface area contributed by atoms with Crippen LogP contribution in [0.1, 0.15) is 36.8 Å². The van der Waals surface area contributed by atoms with Crippen molar-refractivity contribution in [2.45, 2.75) is 56.8 Å². The molecule has 3 rings (SSSR count). The maximum atomic E-state index is 12.6. The van der Waals surface area contributed by atoms with Gasteiger partial charge < -0.3 is 19.6 Å². The average Bonchev–Trinajstić information content (AvgIpc) is 3.10. The van der Waals surface area contributed by atoms with Crippen LogP contribution in [0, 0.1) is 6.92 Å². The molecule has 31 heavy (non-hydrogen) atoms. The van der Waals surface area contributed by atoms with Crippen LogP contribution in [-0.4, -0.2) is 78.4 Å². The minimum absolute atomic E-state index is 0.106. The topological polar surface area (TPSA) is 70.1 Å². The summed E-state index contributed by atoms with van der Waals surface area (Å²) in [6.07, 6.45) is -0.542. The molecular weight excluding hydrogens is 413 g/mol. The molecule has 1 N–H and O–H groups in total. The van der Waals surface area contributed by atoms with Crippen molar-refractivity contribution in [2.24, 2.45) is 0 Å². The fourth-order valence-electron chi connectivity index (χ4n) is 4.07. The second-order valence-electron chi connectivity index (χ2n) is 8.44. The Morgan fingerprint density at radius 3 is 2.52 bits per heavy atom. The van der Waals surface area contributed by atoms with Crippen molar-refractivity contribution >= 4 is 11.9 Å². The molecule has 0 radical (unpaired) electrons. The van der Waals surface area contributed by atoms with Crippen LogP contribution in [-0.2, 0) is 20.7 Å². The third kappa shape index (κ3) is 7.21. The lowest BCUT2D eigenvalue weighted by Crippen LogP contribution is -2.48. The molecule has 2 atom stereocenters. The lowest BCUT2D eigenvalue weighted by molar-refractivity contribution is -0.192. The van der Waals surface area contributed by atoms with Gasteiger partial charge in [0.1, 0.15) is 0 Å². The van der Waals surface area contributed by atoms with Crippen molar-refractivity contribution in [3.8, 4) is 0 Å². The van der Waals surface area contributed by atoms with E-state index in [1.165, 1.54) is 11.1 Å². The first-order valence-corrected chi connectivity index (χ1v) is 10.4. The molecule has 2 aliphatic heterocycles. The molecule has 1 amide bonds. The average molecular weight is 444 g/mol. The molecule has 0 bridgehead atoms. The van der Waals surface area contributed by atoms with Crippen molar-refractivity contribution in [2.75, 3.05) is 33.8 Å². The molecule has 1 aromatic carbocycles. The first kappa shape index (κ1) is 25.1. The van der Waals surface area contributed by atoms with Gasteiger partial charge in [-0.05, 0) is 57.8 Å². The monoisotopic (exact) mass is 444 g/mol. The van der Waals surface area contributed by atoms with Gasteiger partial charge in [0.05, 0.1) is 5.60 Å². The molecule has 0 aliphatic carbocycles. The first-order valence-electron chi connectivity index (χ1n) is 10.4. The number of aryl methyl sites for hydroxylation is 2. The molecule has 0 unspecified atom stereocenters. The number of aliphatic carboxylic acids is 1. The highest BCUT2D eigenvalue weighted by atomic mass is 19.4. The van der Waals surface area contributed by atoms with Gasteiger partial charge in [0, 0.05) is 32.2 Å². The number of alkyl halides is 3. The van der Waals surface area contributed by atoms with E-state index in [9.17, 15) is 18.0 Å². The van der Waals surface area contributed by atoms with Crippen molar-refractivity contribution in [1.82, 2.24) is 9.80 Å². The van der Waals surface area contributed by atoms with Crippen molar-refractivity contribution in [3.05, 3.63) is 35.4 Å². The number of carbonyl (C=O) groups excluding carboxylic acids is 1. The molecule has 6 nitrogen and oxygen atoms in total. The highest BCUT2D eigenvalue weighted by Crippen LogP contribution is 2.35. The molecule has 2 fully saturated rings. The number of rotatable bonds is 4. The number of ether oxygens (including phenoxy) is 1. The summed E-state index contributed by atoms with van der Waals surface area (Å²) < 4.78 is 37.9. The number of carbonyl (C=O) groups is 2. The number of amides is 1. The molecule has 174 valence electrons. The molecule has 0 aromatic heterocycles. The summed E-state index contributed by atoms with van der Waals surface area (Å²) in [5.74, 6) is -2.49. The number of hydrogen-bond acceptors (Lipinski definition) is 4. The van der Waals surface area contributed by atoms with E-state index < -0.39 is 12.1 Å². The van der Waals surface area contributed by atoms with E-state index in [0.29, 0.717) is 12.5 Å². The lowest BCUT2D eigenvalue weighted by Gasteiger charge is -2.40. The second-order valence-corrected chi connectivity index (χ2v) is 8.44. The standard InChI is InChI=1S/C20H30N2O2.C2HF3O2/c1-16-6-4-5-7-17(16)8-9-19(23)22-12-11-20(15-22)14-18(21(2)3)10-13-24-20;3-2(4,5)1(6)7/h4-7,18H,8-15H2,1-3H3;(H,6,7)/t18-,20+;/m0./s1. The Bertz CT molecular complexity index is 769. The number of nitrogens with zero attached hydrogens (tertiary/aromatic N) is 2. The third-order valence-corrected chi connectivity index (χ3v) is 5.98. The Morgan fingerprint density at radius 1 is 1.29 bits per heavy atom. The zero-order valence-electron chi connectivity index (χ0n) is 18.2. The molecule has 0 saturated carbocycles. The largest absolute Gasteiger partial charge is 0.490 e. The van der Waals surface area contributed by atoms with Crippen LogP contribution in [0.15, 0.2) is 24.3 Å². The first-order chi connectivity index (χ1) is 14.4. The predicted octanol–water partition coefficient (Wildman–Crippen LogP) is 3.27. The van der Waals surface area contributed by atoms with Gasteiger partial charge >= 0.3 is 12.1 Å². The number of carboxylic acid groups (broad SMARTS) is 1. The SMILES string of the molecule is Cc1ccccc1CCC(=O)N1CC[C@@]2(C[C@@H](N(C)C)CCO2)C1.O=C(O)C(F)(F)F.